The van der Waals surface area contributed by atoms with E-state index < -0.39 is 0 Å². The molecule has 0 radical (unpaired) electrons. The predicted octanol–water partition coefficient (Wildman–Crippen LogP) is 13.0. The second kappa shape index (κ2) is 10.2. The van der Waals surface area contributed by atoms with Gasteiger partial charge >= 0.3 is 0 Å². The van der Waals surface area contributed by atoms with E-state index in [1.54, 1.807) is 0 Å². The average Bonchev–Trinajstić information content (AvgIpc) is 3.87. The third-order valence-electron chi connectivity index (χ3n) is 11.8. The van der Waals surface area contributed by atoms with E-state index in [0.29, 0.717) is 5.82 Å². The van der Waals surface area contributed by atoms with Crippen LogP contribution in [0.5, 0.6) is 0 Å². The molecule has 54 heavy (non-hydrogen) atoms. The molecule has 0 aliphatic heterocycles. The lowest BCUT2D eigenvalue weighted by atomic mass is 10.00. The van der Waals surface area contributed by atoms with Crippen molar-refractivity contribution in [1.29, 1.82) is 0 Å². The first-order chi connectivity index (χ1) is 26.8. The number of fused-ring (bicyclic) bond motifs is 16. The highest BCUT2D eigenvalue weighted by Gasteiger charge is 2.26. The van der Waals surface area contributed by atoms with Gasteiger partial charge in [-0.05, 0) is 63.3 Å². The summed E-state index contributed by atoms with van der Waals surface area (Å²) in [5.41, 5.74) is 7.94. The van der Waals surface area contributed by atoms with Crippen LogP contribution < -0.4 is 0 Å². The number of rotatable bonds is 2. The molecule has 4 aromatic heterocycles. The Morgan fingerprint density at radius 1 is 0.352 bits per heavy atom. The number of hydrogen-bond donors (Lipinski definition) is 0. The molecule has 4 nitrogen and oxygen atoms in total. The zero-order valence-corrected chi connectivity index (χ0v) is 29.0. The fraction of sp³-hybridized carbons (Fsp3) is 0. The van der Waals surface area contributed by atoms with E-state index in [2.05, 4.69) is 179 Å². The van der Waals surface area contributed by atoms with Crippen LogP contribution in [0.15, 0.2) is 170 Å². The summed E-state index contributed by atoms with van der Waals surface area (Å²) in [6.45, 7) is 0. The van der Waals surface area contributed by atoms with Gasteiger partial charge in [0.05, 0.1) is 33.1 Å². The smallest absolute Gasteiger partial charge is 0.162 e. The van der Waals surface area contributed by atoms with E-state index in [9.17, 15) is 0 Å². The molecule has 4 heterocycles. The fourth-order valence-electron chi connectivity index (χ4n) is 9.50. The van der Waals surface area contributed by atoms with Crippen LogP contribution in [-0.2, 0) is 0 Å². The normalized spacial score (nSPS) is 12.4. The molecule has 0 fully saturated rings. The van der Waals surface area contributed by atoms with Gasteiger partial charge in [0.1, 0.15) is 5.82 Å². The molecule has 0 N–H and O–H groups in total. The Morgan fingerprint density at radius 2 is 0.981 bits per heavy atom. The van der Waals surface area contributed by atoms with E-state index in [4.69, 9.17) is 9.97 Å². The van der Waals surface area contributed by atoms with Crippen molar-refractivity contribution in [2.75, 3.05) is 0 Å². The molecule has 0 bridgehead atoms. The predicted molar refractivity (Wildman–Crippen MR) is 226 cm³/mol. The van der Waals surface area contributed by atoms with E-state index in [-0.39, 0.29) is 0 Å². The molecule has 0 saturated heterocycles. The number of aromatic nitrogens is 4. The molecule has 0 aliphatic rings. The Kier molecular flexibility index (Phi) is 5.34. The summed E-state index contributed by atoms with van der Waals surface area (Å²) in [5.74, 6) is 1.59. The van der Waals surface area contributed by atoms with Crippen molar-refractivity contribution in [2.24, 2.45) is 0 Å². The van der Waals surface area contributed by atoms with Gasteiger partial charge in [0, 0.05) is 48.7 Å². The summed E-state index contributed by atoms with van der Waals surface area (Å²) in [5, 5.41) is 15.9. The summed E-state index contributed by atoms with van der Waals surface area (Å²) in [6.07, 6.45) is 0. The van der Waals surface area contributed by atoms with E-state index >= 15 is 0 Å². The first kappa shape index (κ1) is 28.3. The van der Waals surface area contributed by atoms with Crippen LogP contribution in [0.3, 0.4) is 0 Å². The van der Waals surface area contributed by atoms with Gasteiger partial charge in [-0.3, -0.25) is 4.57 Å². The van der Waals surface area contributed by atoms with E-state index in [1.165, 1.54) is 81.2 Å². The van der Waals surface area contributed by atoms with Crippen LogP contribution >= 0.6 is 0 Å². The highest BCUT2D eigenvalue weighted by atomic mass is 15.1. The highest BCUT2D eigenvalue weighted by Crippen LogP contribution is 2.48. The molecule has 0 saturated carbocycles. The third kappa shape index (κ3) is 3.57. The van der Waals surface area contributed by atoms with Gasteiger partial charge in [-0.2, -0.15) is 0 Å². The van der Waals surface area contributed by atoms with Gasteiger partial charge < -0.3 is 4.40 Å². The quantitative estimate of drug-likeness (QED) is 0.170. The summed E-state index contributed by atoms with van der Waals surface area (Å²) < 4.78 is 4.91. The van der Waals surface area contributed by atoms with Crippen LogP contribution in [0.25, 0.3) is 120 Å². The van der Waals surface area contributed by atoms with Gasteiger partial charge in [0.15, 0.2) is 5.82 Å². The Balaban J connectivity index is 1.19. The molecule has 248 valence electrons. The summed E-state index contributed by atoms with van der Waals surface area (Å²) in [4.78, 5) is 10.7. The van der Waals surface area contributed by atoms with Gasteiger partial charge in [0.25, 0.3) is 0 Å². The van der Waals surface area contributed by atoms with Gasteiger partial charge in [-0.15, -0.1) is 0 Å². The minimum absolute atomic E-state index is 0.712. The minimum atomic E-state index is 0.712. The monoisotopic (exact) mass is 684 g/mol. The summed E-state index contributed by atoms with van der Waals surface area (Å²) >= 11 is 0. The molecule has 13 rings (SSSR count). The number of benzene rings is 9. The SMILES string of the molecule is c1ccc2c(c1)ccc1cc(-c3nc(-n4c5ccccc5c5c6c7ccc8ccccc8c7n7c8ccccc8c(cc54)c67)c4ccccc4n3)ccc12. The molecular weight excluding hydrogens is 657 g/mol. The molecule has 9 aromatic carbocycles. The maximum Gasteiger partial charge on any atom is 0.162 e. The van der Waals surface area contributed by atoms with Gasteiger partial charge in [0.2, 0.25) is 0 Å². The van der Waals surface area contributed by atoms with Crippen molar-refractivity contribution >= 4 is 103 Å². The van der Waals surface area contributed by atoms with Crippen LogP contribution in [0.4, 0.5) is 0 Å². The topological polar surface area (TPSA) is 35.1 Å². The molecule has 0 atom stereocenters. The molecule has 0 unspecified atom stereocenters. The van der Waals surface area contributed by atoms with Crippen molar-refractivity contribution in [1.82, 2.24) is 18.9 Å². The third-order valence-corrected chi connectivity index (χ3v) is 11.8. The first-order valence-corrected chi connectivity index (χ1v) is 18.5. The van der Waals surface area contributed by atoms with Crippen molar-refractivity contribution in [3.05, 3.63) is 170 Å². The van der Waals surface area contributed by atoms with Crippen LogP contribution in [0.2, 0.25) is 0 Å². The minimum Gasteiger partial charge on any atom is -0.307 e. The largest absolute Gasteiger partial charge is 0.307 e. The standard InChI is InChI=1S/C50H28N4/c1-3-13-33-29(11-1)21-22-31-27-32(24-25-34(31)33)49-51-41-18-8-5-16-37(41)50(52-49)53-43-20-10-7-17-38(43)45-44(53)28-40-36-15-6-9-19-42(36)54-47-35-14-4-2-12-30(35)23-26-39(47)46(45)48(40)54/h1-28H. The lowest BCUT2D eigenvalue weighted by molar-refractivity contribution is 1.08. The maximum absolute atomic E-state index is 5.51. The van der Waals surface area contributed by atoms with Crippen molar-refractivity contribution in [3.8, 4) is 17.2 Å². The zero-order chi connectivity index (χ0) is 35.1. The highest BCUT2D eigenvalue weighted by molar-refractivity contribution is 6.37. The Labute approximate surface area is 308 Å². The second-order valence-electron chi connectivity index (χ2n) is 14.5. The van der Waals surface area contributed by atoms with Crippen LogP contribution in [0, 0.1) is 0 Å². The van der Waals surface area contributed by atoms with Crippen LogP contribution in [0.1, 0.15) is 0 Å². The molecule has 0 amide bonds. The van der Waals surface area contributed by atoms with Gasteiger partial charge in [-0.25, -0.2) is 9.97 Å². The van der Waals surface area contributed by atoms with Crippen molar-refractivity contribution < 1.29 is 0 Å². The second-order valence-corrected chi connectivity index (χ2v) is 14.5. The molecule has 0 spiro atoms. The zero-order valence-electron chi connectivity index (χ0n) is 29.0. The summed E-state index contributed by atoms with van der Waals surface area (Å²) in [7, 11) is 0. The lowest BCUT2D eigenvalue weighted by Gasteiger charge is -2.13. The molecular formula is C50H28N4. The van der Waals surface area contributed by atoms with E-state index in [0.717, 1.165) is 33.3 Å². The van der Waals surface area contributed by atoms with Crippen molar-refractivity contribution in [3.63, 3.8) is 0 Å². The number of nitrogens with zero attached hydrogens (tertiary/aromatic N) is 4. The average molecular weight is 685 g/mol. The van der Waals surface area contributed by atoms with Crippen molar-refractivity contribution in [2.45, 2.75) is 0 Å². The van der Waals surface area contributed by atoms with E-state index in [1.807, 2.05) is 0 Å². The van der Waals surface area contributed by atoms with Gasteiger partial charge in [-0.1, -0.05) is 133 Å². The summed E-state index contributed by atoms with van der Waals surface area (Å²) in [6, 6.07) is 61.6. The maximum atomic E-state index is 5.51. The number of para-hydroxylation sites is 3. The Bertz CT molecular complexity index is 3740. The Morgan fingerprint density at radius 3 is 1.85 bits per heavy atom. The lowest BCUT2D eigenvalue weighted by Crippen LogP contribution is -2.02. The molecule has 0 aliphatic carbocycles. The number of hydrogen-bond acceptors (Lipinski definition) is 2. The molecule has 4 heteroatoms. The Hall–Kier alpha value is -7.30. The molecule has 13 aromatic rings. The first-order valence-electron chi connectivity index (χ1n) is 18.5. The van der Waals surface area contributed by atoms with Crippen LogP contribution in [-0.4, -0.2) is 18.9 Å². The fourth-order valence-corrected chi connectivity index (χ4v) is 9.50.